The number of methoxy groups -OCH3 is 2. The molecule has 0 aromatic heterocycles. The average Bonchev–Trinajstić information content (AvgIpc) is 2.59. The van der Waals surface area contributed by atoms with Gasteiger partial charge in [-0.15, -0.1) is 0 Å². The van der Waals surface area contributed by atoms with E-state index in [1.54, 1.807) is 12.0 Å². The second-order valence-corrected chi connectivity index (χ2v) is 5.89. The Balaban J connectivity index is 2.43. The van der Waals surface area contributed by atoms with Crippen molar-refractivity contribution in [2.75, 3.05) is 33.9 Å². The standard InChI is InChI=1S/C19H29NO4/c1-16-8-10-17(11-9-16)6-4-7-18(21)20(13-5-15-23-2)14-12-19(22)24-3/h8-11H,4-7,12-15H2,1-3H3. The van der Waals surface area contributed by atoms with Gasteiger partial charge in [-0.05, 0) is 31.7 Å². The van der Waals surface area contributed by atoms with Gasteiger partial charge in [0.15, 0.2) is 0 Å². The molecule has 0 aliphatic rings. The van der Waals surface area contributed by atoms with E-state index in [4.69, 9.17) is 4.74 Å². The van der Waals surface area contributed by atoms with Crippen molar-refractivity contribution in [3.8, 4) is 0 Å². The third kappa shape index (κ3) is 8.11. The number of carbonyl (C=O) groups is 2. The van der Waals surface area contributed by atoms with E-state index in [1.807, 2.05) is 0 Å². The molecule has 0 N–H and O–H groups in total. The van der Waals surface area contributed by atoms with E-state index in [9.17, 15) is 9.59 Å². The Labute approximate surface area is 144 Å². The summed E-state index contributed by atoms with van der Waals surface area (Å²) in [5, 5.41) is 0. The summed E-state index contributed by atoms with van der Waals surface area (Å²) in [6.07, 6.45) is 3.17. The molecule has 0 unspecified atom stereocenters. The molecular weight excluding hydrogens is 306 g/mol. The zero-order valence-electron chi connectivity index (χ0n) is 15.0. The van der Waals surface area contributed by atoms with Gasteiger partial charge in [-0.1, -0.05) is 29.8 Å². The Morgan fingerprint density at radius 3 is 2.33 bits per heavy atom. The van der Waals surface area contributed by atoms with E-state index in [1.165, 1.54) is 18.2 Å². The van der Waals surface area contributed by atoms with Crippen molar-refractivity contribution in [3.05, 3.63) is 35.4 Å². The van der Waals surface area contributed by atoms with Crippen molar-refractivity contribution in [1.29, 1.82) is 0 Å². The normalized spacial score (nSPS) is 10.5. The molecular formula is C19H29NO4. The Hall–Kier alpha value is -1.88. The number of hydrogen-bond donors (Lipinski definition) is 0. The van der Waals surface area contributed by atoms with Gasteiger partial charge in [-0.2, -0.15) is 0 Å². The summed E-state index contributed by atoms with van der Waals surface area (Å²) in [6.45, 7) is 3.67. The van der Waals surface area contributed by atoms with Crippen molar-refractivity contribution in [3.63, 3.8) is 0 Å². The second kappa shape index (κ2) is 11.6. The number of aryl methyl sites for hydroxylation is 2. The summed E-state index contributed by atoms with van der Waals surface area (Å²) < 4.78 is 9.69. The van der Waals surface area contributed by atoms with Gasteiger partial charge in [0.05, 0.1) is 13.5 Å². The van der Waals surface area contributed by atoms with E-state index in [-0.39, 0.29) is 18.3 Å². The van der Waals surface area contributed by atoms with E-state index < -0.39 is 0 Å². The number of nitrogens with zero attached hydrogens (tertiary/aromatic N) is 1. The number of rotatable bonds is 11. The Bertz CT molecular complexity index is 499. The van der Waals surface area contributed by atoms with Crippen LogP contribution in [-0.2, 0) is 25.5 Å². The molecule has 0 radical (unpaired) electrons. The summed E-state index contributed by atoms with van der Waals surface area (Å²) in [7, 11) is 3.00. The van der Waals surface area contributed by atoms with Crippen LogP contribution in [0.1, 0.15) is 36.8 Å². The Kier molecular flexibility index (Phi) is 9.77. The molecule has 5 heteroatoms. The highest BCUT2D eigenvalue weighted by molar-refractivity contribution is 5.77. The third-order valence-corrected chi connectivity index (χ3v) is 3.92. The van der Waals surface area contributed by atoms with Gasteiger partial charge >= 0.3 is 5.97 Å². The van der Waals surface area contributed by atoms with Gasteiger partial charge in [-0.3, -0.25) is 9.59 Å². The van der Waals surface area contributed by atoms with Gasteiger partial charge in [0, 0.05) is 33.2 Å². The van der Waals surface area contributed by atoms with E-state index in [0.29, 0.717) is 26.1 Å². The van der Waals surface area contributed by atoms with Crippen molar-refractivity contribution in [2.24, 2.45) is 0 Å². The fourth-order valence-electron chi connectivity index (χ4n) is 2.45. The SMILES string of the molecule is COCCCN(CCC(=O)OC)C(=O)CCCc1ccc(C)cc1. The van der Waals surface area contributed by atoms with E-state index in [0.717, 1.165) is 19.3 Å². The monoisotopic (exact) mass is 335 g/mol. The second-order valence-electron chi connectivity index (χ2n) is 5.89. The quantitative estimate of drug-likeness (QED) is 0.461. The topological polar surface area (TPSA) is 55.8 Å². The maximum Gasteiger partial charge on any atom is 0.307 e. The zero-order chi connectivity index (χ0) is 17.8. The molecule has 0 aliphatic carbocycles. The molecule has 0 bridgehead atoms. The molecule has 5 nitrogen and oxygen atoms in total. The van der Waals surface area contributed by atoms with E-state index >= 15 is 0 Å². The predicted octanol–water partition coefficient (Wildman–Crippen LogP) is 2.75. The number of carbonyl (C=O) groups excluding carboxylic acids is 2. The first-order valence-electron chi connectivity index (χ1n) is 8.46. The van der Waals surface area contributed by atoms with Gasteiger partial charge < -0.3 is 14.4 Å². The molecule has 0 heterocycles. The fourth-order valence-corrected chi connectivity index (χ4v) is 2.45. The van der Waals surface area contributed by atoms with Crippen LogP contribution in [-0.4, -0.2) is 50.7 Å². The van der Waals surface area contributed by atoms with Crippen LogP contribution in [0.2, 0.25) is 0 Å². The first-order chi connectivity index (χ1) is 11.6. The highest BCUT2D eigenvalue weighted by Crippen LogP contribution is 2.09. The van der Waals surface area contributed by atoms with Crippen LogP contribution < -0.4 is 0 Å². The summed E-state index contributed by atoms with van der Waals surface area (Å²) in [6, 6.07) is 8.38. The molecule has 0 saturated heterocycles. The minimum atomic E-state index is -0.292. The molecule has 0 fully saturated rings. The van der Waals surface area contributed by atoms with Crippen molar-refractivity contribution < 1.29 is 19.1 Å². The minimum Gasteiger partial charge on any atom is -0.469 e. The number of ether oxygens (including phenoxy) is 2. The third-order valence-electron chi connectivity index (χ3n) is 3.92. The number of amides is 1. The lowest BCUT2D eigenvalue weighted by Gasteiger charge is -2.22. The van der Waals surface area contributed by atoms with Crippen LogP contribution in [0.5, 0.6) is 0 Å². The van der Waals surface area contributed by atoms with Gasteiger partial charge in [0.2, 0.25) is 5.91 Å². The minimum absolute atomic E-state index is 0.0853. The first kappa shape index (κ1) is 20.2. The highest BCUT2D eigenvalue weighted by Gasteiger charge is 2.14. The molecule has 0 saturated carbocycles. The number of hydrogen-bond acceptors (Lipinski definition) is 4. The zero-order valence-corrected chi connectivity index (χ0v) is 15.0. The molecule has 24 heavy (non-hydrogen) atoms. The van der Waals surface area contributed by atoms with Crippen molar-refractivity contribution >= 4 is 11.9 Å². The van der Waals surface area contributed by atoms with E-state index in [2.05, 4.69) is 35.9 Å². The molecule has 1 aromatic carbocycles. The molecule has 0 atom stereocenters. The van der Waals surface area contributed by atoms with Crippen molar-refractivity contribution in [2.45, 2.75) is 39.0 Å². The number of esters is 1. The molecule has 0 aliphatic heterocycles. The summed E-state index contributed by atoms with van der Waals surface area (Å²) in [4.78, 5) is 25.5. The summed E-state index contributed by atoms with van der Waals surface area (Å²) >= 11 is 0. The predicted molar refractivity (Wildman–Crippen MR) is 93.8 cm³/mol. The van der Waals surface area contributed by atoms with Crippen LogP contribution in [0, 0.1) is 6.92 Å². The molecule has 1 amide bonds. The lowest BCUT2D eigenvalue weighted by molar-refractivity contribution is -0.141. The molecule has 0 spiro atoms. The number of benzene rings is 1. The Morgan fingerprint density at radius 1 is 1.00 bits per heavy atom. The average molecular weight is 335 g/mol. The molecule has 1 aromatic rings. The van der Waals surface area contributed by atoms with Crippen LogP contribution in [0.4, 0.5) is 0 Å². The first-order valence-corrected chi connectivity index (χ1v) is 8.46. The van der Waals surface area contributed by atoms with Crippen LogP contribution >= 0.6 is 0 Å². The van der Waals surface area contributed by atoms with Crippen molar-refractivity contribution in [1.82, 2.24) is 4.90 Å². The lowest BCUT2D eigenvalue weighted by Crippen LogP contribution is -2.34. The summed E-state index contributed by atoms with van der Waals surface area (Å²) in [5.74, 6) is -0.207. The molecule has 134 valence electrons. The van der Waals surface area contributed by atoms with Crippen LogP contribution in [0.15, 0.2) is 24.3 Å². The van der Waals surface area contributed by atoms with Crippen LogP contribution in [0.25, 0.3) is 0 Å². The van der Waals surface area contributed by atoms with Crippen LogP contribution in [0.3, 0.4) is 0 Å². The maximum absolute atomic E-state index is 12.4. The highest BCUT2D eigenvalue weighted by atomic mass is 16.5. The largest absolute Gasteiger partial charge is 0.469 e. The Morgan fingerprint density at radius 2 is 1.71 bits per heavy atom. The van der Waals surface area contributed by atoms with Gasteiger partial charge in [0.1, 0.15) is 0 Å². The maximum atomic E-state index is 12.4. The van der Waals surface area contributed by atoms with Gasteiger partial charge in [0.25, 0.3) is 0 Å². The summed E-state index contributed by atoms with van der Waals surface area (Å²) in [5.41, 5.74) is 2.48. The van der Waals surface area contributed by atoms with Gasteiger partial charge in [-0.25, -0.2) is 0 Å². The smallest absolute Gasteiger partial charge is 0.307 e. The fraction of sp³-hybridized carbons (Fsp3) is 0.579. The lowest BCUT2D eigenvalue weighted by atomic mass is 10.1. The molecule has 1 rings (SSSR count).